The molecule has 1 aromatic carbocycles. The minimum Gasteiger partial charge on any atom is -0.354 e. The smallest absolute Gasteiger partial charge is 0.253 e. The molecule has 1 fully saturated rings. The van der Waals surface area contributed by atoms with Gasteiger partial charge in [0.15, 0.2) is 5.16 Å². The highest BCUT2D eigenvalue weighted by molar-refractivity contribution is 7.98. The molecule has 0 aliphatic carbocycles. The normalized spacial score (nSPS) is 14.8. The fraction of sp³-hybridized carbons (Fsp3) is 0.500. The van der Waals surface area contributed by atoms with Crippen molar-refractivity contribution in [2.24, 2.45) is 0 Å². The number of carbonyl (C=O) groups excluding carboxylic acids is 1. The summed E-state index contributed by atoms with van der Waals surface area (Å²) in [7, 11) is 1.83. The molecule has 6 nitrogen and oxygen atoms in total. The number of thioether (sulfide) groups is 1. The number of benzene rings is 1. The highest BCUT2D eigenvalue weighted by atomic mass is 32.2. The van der Waals surface area contributed by atoms with Crippen LogP contribution in [-0.2, 0) is 5.75 Å². The summed E-state index contributed by atoms with van der Waals surface area (Å²) < 4.78 is 0. The first kappa shape index (κ1) is 21.6. The molecule has 2 heterocycles. The van der Waals surface area contributed by atoms with Crippen molar-refractivity contribution < 1.29 is 4.79 Å². The van der Waals surface area contributed by atoms with Gasteiger partial charge in [-0.2, -0.15) is 0 Å². The van der Waals surface area contributed by atoms with Gasteiger partial charge in [0.1, 0.15) is 5.82 Å². The predicted molar refractivity (Wildman–Crippen MR) is 120 cm³/mol. The van der Waals surface area contributed by atoms with Gasteiger partial charge in [-0.15, -0.1) is 0 Å². The molecule has 0 N–H and O–H groups in total. The van der Waals surface area contributed by atoms with Gasteiger partial charge in [-0.3, -0.25) is 4.79 Å². The number of hydrogen-bond acceptors (Lipinski definition) is 6. The number of hydrogen-bond donors (Lipinski definition) is 0. The van der Waals surface area contributed by atoms with E-state index in [0.29, 0.717) is 6.54 Å². The van der Waals surface area contributed by atoms with Crippen LogP contribution in [0.2, 0.25) is 0 Å². The van der Waals surface area contributed by atoms with Crippen molar-refractivity contribution >= 4 is 23.5 Å². The lowest BCUT2D eigenvalue weighted by Crippen LogP contribution is -2.46. The van der Waals surface area contributed by atoms with E-state index in [1.165, 1.54) is 0 Å². The van der Waals surface area contributed by atoms with E-state index in [1.807, 2.05) is 39.1 Å². The number of piperazine rings is 1. The number of aromatic nitrogens is 2. The molecule has 29 heavy (non-hydrogen) atoms. The molecule has 1 aliphatic rings. The van der Waals surface area contributed by atoms with Gasteiger partial charge in [0.2, 0.25) is 0 Å². The van der Waals surface area contributed by atoms with Crippen molar-refractivity contribution in [2.75, 3.05) is 51.2 Å². The Kier molecular flexibility index (Phi) is 7.50. The summed E-state index contributed by atoms with van der Waals surface area (Å²) in [6.45, 7) is 12.2. The molecule has 0 unspecified atom stereocenters. The fourth-order valence-corrected chi connectivity index (χ4v) is 4.19. The van der Waals surface area contributed by atoms with Crippen LogP contribution in [0.5, 0.6) is 0 Å². The average Bonchev–Trinajstić information content (AvgIpc) is 2.76. The maximum Gasteiger partial charge on any atom is 0.253 e. The van der Waals surface area contributed by atoms with Crippen LogP contribution in [0.25, 0.3) is 0 Å². The first-order valence-corrected chi connectivity index (χ1v) is 11.3. The van der Waals surface area contributed by atoms with Gasteiger partial charge in [0, 0.05) is 62.8 Å². The van der Waals surface area contributed by atoms with Gasteiger partial charge >= 0.3 is 0 Å². The third-order valence-corrected chi connectivity index (χ3v) is 6.25. The second kappa shape index (κ2) is 10.1. The summed E-state index contributed by atoms with van der Waals surface area (Å²) in [5, 5.41) is 0.792. The summed E-state index contributed by atoms with van der Waals surface area (Å²) in [6.07, 6.45) is 0. The van der Waals surface area contributed by atoms with Crippen molar-refractivity contribution in [1.82, 2.24) is 19.8 Å². The van der Waals surface area contributed by atoms with Crippen LogP contribution in [0, 0.1) is 6.92 Å². The summed E-state index contributed by atoms with van der Waals surface area (Å²) in [4.78, 5) is 28.4. The molecule has 156 valence electrons. The van der Waals surface area contributed by atoms with E-state index in [1.54, 1.807) is 16.7 Å². The van der Waals surface area contributed by atoms with Gasteiger partial charge in [0.05, 0.1) is 0 Å². The van der Waals surface area contributed by atoms with Crippen LogP contribution in [0.1, 0.15) is 35.5 Å². The maximum atomic E-state index is 12.4. The molecule has 3 rings (SSSR count). The Morgan fingerprint density at radius 2 is 1.90 bits per heavy atom. The monoisotopic (exact) mass is 413 g/mol. The Labute approximate surface area is 178 Å². The lowest BCUT2D eigenvalue weighted by Gasteiger charge is -2.34. The van der Waals surface area contributed by atoms with Crippen molar-refractivity contribution in [3.63, 3.8) is 0 Å². The Balaban J connectivity index is 1.67. The molecule has 0 bridgehead atoms. The predicted octanol–water partition coefficient (Wildman–Crippen LogP) is 3.31. The fourth-order valence-electron chi connectivity index (χ4n) is 3.35. The number of anilines is 1. The Hall–Kier alpha value is -2.12. The van der Waals surface area contributed by atoms with E-state index in [4.69, 9.17) is 4.98 Å². The lowest BCUT2D eigenvalue weighted by molar-refractivity contribution is 0.0802. The van der Waals surface area contributed by atoms with Crippen LogP contribution >= 0.6 is 11.8 Å². The van der Waals surface area contributed by atoms with E-state index in [-0.39, 0.29) is 5.91 Å². The lowest BCUT2D eigenvalue weighted by atomic mass is 10.1. The molecule has 1 amide bonds. The molecule has 2 aromatic rings. The molecule has 7 heteroatoms. The molecule has 0 radical (unpaired) electrons. The zero-order valence-corrected chi connectivity index (χ0v) is 18.7. The first-order valence-electron chi connectivity index (χ1n) is 10.3. The maximum absolute atomic E-state index is 12.4. The van der Waals surface area contributed by atoms with Gasteiger partial charge in [-0.25, -0.2) is 9.97 Å². The van der Waals surface area contributed by atoms with E-state index in [2.05, 4.69) is 33.8 Å². The molecule has 1 aromatic heterocycles. The van der Waals surface area contributed by atoms with Crippen molar-refractivity contribution in [3.05, 3.63) is 47.2 Å². The molecular formula is C22H31N5OS. The van der Waals surface area contributed by atoms with Gasteiger partial charge in [-0.05, 0) is 38.1 Å². The number of nitrogens with zero attached hydrogens (tertiary/aromatic N) is 5. The summed E-state index contributed by atoms with van der Waals surface area (Å²) in [6, 6.07) is 9.92. The highest BCUT2D eigenvalue weighted by Gasteiger charge is 2.18. The molecule has 1 saturated heterocycles. The Bertz CT molecular complexity index is 836. The van der Waals surface area contributed by atoms with Gasteiger partial charge in [-0.1, -0.05) is 30.8 Å². The first-order chi connectivity index (χ1) is 14.0. The Morgan fingerprint density at radius 1 is 1.14 bits per heavy atom. The van der Waals surface area contributed by atoms with Crippen molar-refractivity contribution in [3.8, 4) is 0 Å². The number of rotatable bonds is 7. The zero-order valence-electron chi connectivity index (χ0n) is 17.9. The number of carbonyl (C=O) groups is 1. The molecule has 1 aliphatic heterocycles. The SMILES string of the molecule is CCN1CCN(c2cc(C)nc(SCc3cccc(C(=O)N(C)CC)c3)n2)CC1. The zero-order chi connectivity index (χ0) is 20.8. The average molecular weight is 414 g/mol. The molecular weight excluding hydrogens is 382 g/mol. The standard InChI is InChI=1S/C22H31N5OS/c1-5-25(4)21(28)19-9-7-8-18(15-19)16-29-22-23-17(3)14-20(24-22)27-12-10-26(6-2)11-13-27/h7-9,14-15H,5-6,10-13,16H2,1-4H3. The Morgan fingerprint density at radius 3 is 2.59 bits per heavy atom. The summed E-state index contributed by atoms with van der Waals surface area (Å²) >= 11 is 1.62. The largest absolute Gasteiger partial charge is 0.354 e. The van der Waals surface area contributed by atoms with Crippen LogP contribution in [0.15, 0.2) is 35.5 Å². The molecule has 0 atom stereocenters. The van der Waals surface area contributed by atoms with Crippen LogP contribution < -0.4 is 4.90 Å². The number of likely N-dealkylation sites (N-methyl/N-ethyl adjacent to an activating group) is 1. The third-order valence-electron chi connectivity index (χ3n) is 5.33. The molecule has 0 spiro atoms. The minimum atomic E-state index is 0.0552. The van der Waals surface area contributed by atoms with Gasteiger partial charge < -0.3 is 14.7 Å². The van der Waals surface area contributed by atoms with E-state index in [0.717, 1.165) is 66.3 Å². The van der Waals surface area contributed by atoms with Crippen molar-refractivity contribution in [1.29, 1.82) is 0 Å². The highest BCUT2D eigenvalue weighted by Crippen LogP contribution is 2.24. The van der Waals surface area contributed by atoms with E-state index < -0.39 is 0 Å². The minimum absolute atomic E-state index is 0.0552. The topological polar surface area (TPSA) is 52.6 Å². The molecule has 0 saturated carbocycles. The summed E-state index contributed by atoms with van der Waals surface area (Å²) in [5.74, 6) is 1.81. The van der Waals surface area contributed by atoms with Crippen LogP contribution in [-0.4, -0.2) is 72.0 Å². The van der Waals surface area contributed by atoms with E-state index in [9.17, 15) is 4.79 Å². The number of aryl methyl sites for hydroxylation is 1. The van der Waals surface area contributed by atoms with Crippen molar-refractivity contribution in [2.45, 2.75) is 31.7 Å². The van der Waals surface area contributed by atoms with Gasteiger partial charge in [0.25, 0.3) is 5.91 Å². The van der Waals surface area contributed by atoms with Crippen LogP contribution in [0.3, 0.4) is 0 Å². The van der Waals surface area contributed by atoms with E-state index >= 15 is 0 Å². The second-order valence-electron chi connectivity index (χ2n) is 7.38. The number of amides is 1. The quantitative estimate of drug-likeness (QED) is 0.513. The van der Waals surface area contributed by atoms with Crippen LogP contribution in [0.4, 0.5) is 5.82 Å². The summed E-state index contributed by atoms with van der Waals surface area (Å²) in [5.41, 5.74) is 2.82. The third kappa shape index (κ3) is 5.70. The second-order valence-corrected chi connectivity index (χ2v) is 8.32.